The molecule has 0 bridgehead atoms. The molecule has 1 aliphatic carbocycles. The van der Waals surface area contributed by atoms with Gasteiger partial charge in [-0.2, -0.15) is 13.2 Å². The summed E-state index contributed by atoms with van der Waals surface area (Å²) < 4.78 is 40.0. The van der Waals surface area contributed by atoms with E-state index < -0.39 is 17.8 Å². The van der Waals surface area contributed by atoms with Gasteiger partial charge in [-0.15, -0.1) is 0 Å². The van der Waals surface area contributed by atoms with Crippen LogP contribution in [0.3, 0.4) is 0 Å². The van der Waals surface area contributed by atoms with E-state index in [1.165, 1.54) is 11.1 Å². The fourth-order valence-electron chi connectivity index (χ4n) is 5.19. The molecule has 0 radical (unpaired) electrons. The van der Waals surface area contributed by atoms with Crippen LogP contribution < -0.4 is 16.0 Å². The van der Waals surface area contributed by atoms with Crippen molar-refractivity contribution in [2.45, 2.75) is 57.9 Å². The number of rotatable bonds is 4. The van der Waals surface area contributed by atoms with Gasteiger partial charge in [0.1, 0.15) is 11.6 Å². The second-order valence-corrected chi connectivity index (χ2v) is 9.36. The summed E-state index contributed by atoms with van der Waals surface area (Å²) in [7, 11) is 0. The van der Waals surface area contributed by atoms with Crippen LogP contribution in [0.25, 0.3) is 10.9 Å². The number of nitrogens with two attached hydrogens (primary N) is 1. The van der Waals surface area contributed by atoms with Crippen LogP contribution in [0.2, 0.25) is 0 Å². The van der Waals surface area contributed by atoms with Gasteiger partial charge < -0.3 is 21.1 Å². The lowest BCUT2D eigenvalue weighted by molar-refractivity contribution is -0.137. The Hall–Kier alpha value is -3.07. The predicted molar refractivity (Wildman–Crippen MR) is 127 cm³/mol. The summed E-state index contributed by atoms with van der Waals surface area (Å²) in [5.74, 6) is 1.19. The number of nitrogens with one attached hydrogen (secondary N) is 1. The zero-order valence-corrected chi connectivity index (χ0v) is 19.2. The van der Waals surface area contributed by atoms with Gasteiger partial charge >= 0.3 is 6.18 Å². The summed E-state index contributed by atoms with van der Waals surface area (Å²) in [6.45, 7) is 4.99. The average Bonchev–Trinajstić information content (AvgIpc) is 3.42. The normalized spacial score (nSPS) is 19.0. The molecule has 2 aromatic carbocycles. The van der Waals surface area contributed by atoms with Gasteiger partial charge in [-0.05, 0) is 80.5 Å². The lowest BCUT2D eigenvalue weighted by Crippen LogP contribution is -2.22. The number of nitrogen functional groups attached to an aromatic ring is 1. The molecule has 2 atom stereocenters. The Labute approximate surface area is 196 Å². The number of halogens is 3. The number of benzene rings is 2. The van der Waals surface area contributed by atoms with Gasteiger partial charge in [0.25, 0.3) is 0 Å². The molecule has 2 heterocycles. The molecule has 1 saturated heterocycles. The van der Waals surface area contributed by atoms with Gasteiger partial charge in [0.15, 0.2) is 0 Å². The Balaban J connectivity index is 1.58. The van der Waals surface area contributed by atoms with Crippen molar-refractivity contribution in [2.75, 3.05) is 29.0 Å². The second-order valence-electron chi connectivity index (χ2n) is 9.36. The van der Waals surface area contributed by atoms with Crippen LogP contribution in [-0.2, 0) is 19.0 Å². The van der Waals surface area contributed by atoms with Crippen LogP contribution in [0.5, 0.6) is 0 Å². The van der Waals surface area contributed by atoms with E-state index >= 15 is 0 Å². The third kappa shape index (κ3) is 4.13. The lowest BCUT2D eigenvalue weighted by atomic mass is 10.0. The fraction of sp³-hybridized carbons (Fsp3) is 0.440. The predicted octanol–water partition coefficient (Wildman–Crippen LogP) is 4.77. The first-order valence-corrected chi connectivity index (χ1v) is 11.6. The Bertz CT molecular complexity index is 1260. The third-order valence-electron chi connectivity index (χ3n) is 6.81. The maximum Gasteiger partial charge on any atom is 0.416 e. The first-order chi connectivity index (χ1) is 16.1. The van der Waals surface area contributed by atoms with Crippen LogP contribution >= 0.6 is 0 Å². The van der Waals surface area contributed by atoms with Gasteiger partial charge in [-0.3, -0.25) is 0 Å². The molecule has 1 aromatic heterocycles. The molecule has 1 aliphatic heterocycles. The van der Waals surface area contributed by atoms with Gasteiger partial charge in [-0.1, -0.05) is 0 Å². The summed E-state index contributed by atoms with van der Waals surface area (Å²) in [4.78, 5) is 11.6. The maximum absolute atomic E-state index is 13.3. The fourth-order valence-corrected chi connectivity index (χ4v) is 5.19. The molecule has 6 nitrogen and oxygen atoms in total. The minimum Gasteiger partial charge on any atom is -0.399 e. The zero-order valence-electron chi connectivity index (χ0n) is 19.2. The molecule has 2 aliphatic rings. The van der Waals surface area contributed by atoms with Gasteiger partial charge in [0.2, 0.25) is 0 Å². The summed E-state index contributed by atoms with van der Waals surface area (Å²) >= 11 is 0. The van der Waals surface area contributed by atoms with Crippen LogP contribution in [0.1, 0.15) is 53.9 Å². The molecule has 9 heteroatoms. The molecule has 1 unspecified atom stereocenters. The number of anilines is 3. The molecule has 3 aromatic rings. The molecule has 5 rings (SSSR count). The van der Waals surface area contributed by atoms with Crippen molar-refractivity contribution in [3.8, 4) is 0 Å². The highest BCUT2D eigenvalue weighted by Crippen LogP contribution is 2.40. The molecule has 180 valence electrons. The number of aliphatic hydroxyl groups excluding tert-OH is 1. The minimum atomic E-state index is -4.47. The Morgan fingerprint density at radius 2 is 1.91 bits per heavy atom. The number of aliphatic hydroxyl groups is 1. The van der Waals surface area contributed by atoms with Crippen LogP contribution in [-0.4, -0.2) is 34.3 Å². The molecule has 34 heavy (non-hydrogen) atoms. The standard InChI is InChI=1S/C25H28F3N5O/c1-13(15-8-16(25(26,27)28)10-17(29)9-15)30-24-21-11-22(33-7-6-18(34)12-33)19-4-3-5-20(19)23(21)31-14(2)32-24/h8-11,13,18,34H,3-7,12,29H2,1-2H3,(H,30,31,32)/t13?,18-/m1/s1. The minimum absolute atomic E-state index is 0.0647. The van der Waals surface area contributed by atoms with E-state index in [9.17, 15) is 18.3 Å². The number of hydrogen-bond donors (Lipinski definition) is 3. The van der Waals surface area contributed by atoms with E-state index in [4.69, 9.17) is 10.7 Å². The quantitative estimate of drug-likeness (QED) is 0.475. The first-order valence-electron chi connectivity index (χ1n) is 11.6. The molecule has 0 saturated carbocycles. The van der Waals surface area contributed by atoms with Crippen molar-refractivity contribution in [1.29, 1.82) is 0 Å². The number of fused-ring (bicyclic) bond motifs is 3. The highest BCUT2D eigenvalue weighted by atomic mass is 19.4. The number of aromatic nitrogens is 2. The number of aryl methyl sites for hydroxylation is 2. The number of β-amino-alcohol motifs (C(OH)–C–C–N with tert-alkyl or cyclic N) is 1. The number of alkyl halides is 3. The maximum atomic E-state index is 13.3. The highest BCUT2D eigenvalue weighted by molar-refractivity contribution is 5.96. The zero-order chi connectivity index (χ0) is 24.2. The Kier molecular flexibility index (Phi) is 5.55. The SMILES string of the molecule is Cc1nc(NC(C)c2cc(N)cc(C(F)(F)F)c2)c2cc(N3CC[C@@H](O)C3)c3c(c2n1)CCC3. The Morgan fingerprint density at radius 1 is 1.15 bits per heavy atom. The van der Waals surface area contributed by atoms with E-state index in [-0.39, 0.29) is 11.8 Å². The van der Waals surface area contributed by atoms with Crippen molar-refractivity contribution in [3.63, 3.8) is 0 Å². The van der Waals surface area contributed by atoms with Crippen molar-refractivity contribution >= 4 is 28.1 Å². The largest absolute Gasteiger partial charge is 0.416 e. The van der Waals surface area contributed by atoms with E-state index in [2.05, 4.69) is 21.3 Å². The van der Waals surface area contributed by atoms with Crippen molar-refractivity contribution < 1.29 is 18.3 Å². The van der Waals surface area contributed by atoms with E-state index in [0.29, 0.717) is 23.8 Å². The topological polar surface area (TPSA) is 87.3 Å². The van der Waals surface area contributed by atoms with Crippen molar-refractivity contribution in [1.82, 2.24) is 9.97 Å². The summed E-state index contributed by atoms with van der Waals surface area (Å²) in [5.41, 5.74) is 9.99. The monoisotopic (exact) mass is 471 g/mol. The van der Waals surface area contributed by atoms with Gasteiger partial charge in [-0.25, -0.2) is 9.97 Å². The molecule has 4 N–H and O–H groups in total. The van der Waals surface area contributed by atoms with Crippen molar-refractivity contribution in [2.24, 2.45) is 0 Å². The van der Waals surface area contributed by atoms with E-state index in [1.807, 2.05) is 6.92 Å². The summed E-state index contributed by atoms with van der Waals surface area (Å²) in [6.07, 6.45) is -1.14. The lowest BCUT2D eigenvalue weighted by Gasteiger charge is -2.24. The molecular weight excluding hydrogens is 443 g/mol. The molecule has 1 fully saturated rings. The molecule has 0 spiro atoms. The summed E-state index contributed by atoms with van der Waals surface area (Å²) in [6, 6.07) is 5.23. The van der Waals surface area contributed by atoms with Crippen molar-refractivity contribution in [3.05, 3.63) is 52.3 Å². The third-order valence-corrected chi connectivity index (χ3v) is 6.81. The first kappa shape index (κ1) is 22.7. The number of hydrogen-bond acceptors (Lipinski definition) is 6. The van der Waals surface area contributed by atoms with Crippen LogP contribution in [0.4, 0.5) is 30.4 Å². The Morgan fingerprint density at radius 3 is 2.62 bits per heavy atom. The molecular formula is C25H28F3N5O. The van der Waals surface area contributed by atoms with E-state index in [0.717, 1.165) is 61.0 Å². The van der Waals surface area contributed by atoms with Crippen LogP contribution in [0.15, 0.2) is 24.3 Å². The second kappa shape index (κ2) is 8.30. The van der Waals surface area contributed by atoms with Crippen LogP contribution in [0, 0.1) is 6.92 Å². The van der Waals surface area contributed by atoms with Gasteiger partial charge in [0.05, 0.1) is 23.2 Å². The number of nitrogens with zero attached hydrogens (tertiary/aromatic N) is 3. The smallest absolute Gasteiger partial charge is 0.399 e. The van der Waals surface area contributed by atoms with E-state index in [1.54, 1.807) is 13.0 Å². The average molecular weight is 472 g/mol. The molecule has 0 amide bonds. The highest BCUT2D eigenvalue weighted by Gasteiger charge is 2.32. The van der Waals surface area contributed by atoms with Gasteiger partial charge in [0, 0.05) is 29.9 Å². The summed E-state index contributed by atoms with van der Waals surface area (Å²) in [5, 5.41) is 14.3.